The molecule has 1 heterocycles. The summed E-state index contributed by atoms with van der Waals surface area (Å²) in [6.45, 7) is 3.11. The molecule has 16 heavy (non-hydrogen) atoms. The van der Waals surface area contributed by atoms with Gasteiger partial charge in [0, 0.05) is 12.0 Å². The Morgan fingerprint density at radius 3 is 3.06 bits per heavy atom. The lowest BCUT2D eigenvalue weighted by Crippen LogP contribution is -2.04. The maximum absolute atomic E-state index is 12.0. The third-order valence-electron chi connectivity index (χ3n) is 2.34. The first-order chi connectivity index (χ1) is 7.81. The van der Waals surface area contributed by atoms with Crippen LogP contribution < -0.4 is 4.74 Å². The maximum Gasteiger partial charge on any atom is 0.227 e. The minimum absolute atomic E-state index is 0.0703. The van der Waals surface area contributed by atoms with E-state index >= 15 is 0 Å². The SMILES string of the molecule is CCOc1cccc(C(=O)C2=CCCO2)c1. The number of Topliss-reactive ketones (excluding diaryl/α,β-unsaturated/α-hetero) is 1. The van der Waals surface area contributed by atoms with Crippen molar-refractivity contribution in [3.8, 4) is 5.75 Å². The number of ether oxygens (including phenoxy) is 2. The van der Waals surface area contributed by atoms with Gasteiger partial charge in [-0.25, -0.2) is 0 Å². The first-order valence-electron chi connectivity index (χ1n) is 5.42. The molecule has 3 nitrogen and oxygen atoms in total. The molecule has 0 spiro atoms. The van der Waals surface area contributed by atoms with Crippen molar-refractivity contribution in [2.24, 2.45) is 0 Å². The fourth-order valence-corrected chi connectivity index (χ4v) is 1.61. The van der Waals surface area contributed by atoms with Crippen LogP contribution >= 0.6 is 0 Å². The quantitative estimate of drug-likeness (QED) is 0.728. The lowest BCUT2D eigenvalue weighted by atomic mass is 10.1. The molecule has 0 aromatic heterocycles. The van der Waals surface area contributed by atoms with Crippen molar-refractivity contribution in [1.29, 1.82) is 0 Å². The number of carbonyl (C=O) groups is 1. The smallest absolute Gasteiger partial charge is 0.227 e. The van der Waals surface area contributed by atoms with Gasteiger partial charge in [0.2, 0.25) is 5.78 Å². The van der Waals surface area contributed by atoms with E-state index in [0.717, 1.165) is 6.42 Å². The van der Waals surface area contributed by atoms with Crippen molar-refractivity contribution in [2.75, 3.05) is 13.2 Å². The van der Waals surface area contributed by atoms with E-state index in [1.165, 1.54) is 0 Å². The van der Waals surface area contributed by atoms with E-state index in [-0.39, 0.29) is 5.78 Å². The highest BCUT2D eigenvalue weighted by Crippen LogP contribution is 2.19. The zero-order chi connectivity index (χ0) is 11.4. The first kappa shape index (κ1) is 10.7. The molecule has 0 saturated heterocycles. The Kier molecular flexibility index (Phi) is 3.25. The predicted molar refractivity (Wildman–Crippen MR) is 60.6 cm³/mol. The largest absolute Gasteiger partial charge is 0.494 e. The number of benzene rings is 1. The minimum Gasteiger partial charge on any atom is -0.494 e. The molecule has 1 aliphatic heterocycles. The Bertz CT molecular complexity index is 421. The van der Waals surface area contributed by atoms with Gasteiger partial charge in [0.15, 0.2) is 5.76 Å². The van der Waals surface area contributed by atoms with Gasteiger partial charge in [0.1, 0.15) is 5.75 Å². The van der Waals surface area contributed by atoms with Crippen LogP contribution in [-0.2, 0) is 4.74 Å². The number of allylic oxidation sites excluding steroid dienone is 1. The van der Waals surface area contributed by atoms with Gasteiger partial charge < -0.3 is 9.47 Å². The molecule has 0 bridgehead atoms. The zero-order valence-corrected chi connectivity index (χ0v) is 9.23. The molecule has 2 rings (SSSR count). The number of hydrogen-bond acceptors (Lipinski definition) is 3. The molecule has 0 radical (unpaired) electrons. The van der Waals surface area contributed by atoms with Crippen LogP contribution in [0.1, 0.15) is 23.7 Å². The van der Waals surface area contributed by atoms with Gasteiger partial charge in [-0.1, -0.05) is 12.1 Å². The summed E-state index contributed by atoms with van der Waals surface area (Å²) in [6, 6.07) is 7.17. The molecule has 1 aromatic rings. The van der Waals surface area contributed by atoms with Crippen molar-refractivity contribution in [1.82, 2.24) is 0 Å². The third-order valence-corrected chi connectivity index (χ3v) is 2.34. The van der Waals surface area contributed by atoms with Crippen LogP contribution in [-0.4, -0.2) is 19.0 Å². The van der Waals surface area contributed by atoms with Crippen LogP contribution in [0.2, 0.25) is 0 Å². The molecule has 0 saturated carbocycles. The summed E-state index contributed by atoms with van der Waals surface area (Å²) in [5.41, 5.74) is 0.610. The normalized spacial score (nSPS) is 14.2. The third kappa shape index (κ3) is 2.24. The van der Waals surface area contributed by atoms with Crippen molar-refractivity contribution in [2.45, 2.75) is 13.3 Å². The summed E-state index contributed by atoms with van der Waals surface area (Å²) >= 11 is 0. The number of ketones is 1. The molecule has 0 unspecified atom stereocenters. The molecule has 1 aromatic carbocycles. The summed E-state index contributed by atoms with van der Waals surface area (Å²) in [5, 5.41) is 0. The van der Waals surface area contributed by atoms with Crippen LogP contribution in [0, 0.1) is 0 Å². The topological polar surface area (TPSA) is 35.5 Å². The summed E-state index contributed by atoms with van der Waals surface area (Å²) in [4.78, 5) is 12.0. The molecule has 3 heteroatoms. The first-order valence-corrected chi connectivity index (χ1v) is 5.42. The molecule has 0 N–H and O–H groups in total. The molecule has 0 amide bonds. The van der Waals surface area contributed by atoms with E-state index in [9.17, 15) is 4.79 Å². The van der Waals surface area contributed by atoms with Gasteiger partial charge in [0.25, 0.3) is 0 Å². The van der Waals surface area contributed by atoms with E-state index in [1.54, 1.807) is 12.1 Å². The Morgan fingerprint density at radius 2 is 2.38 bits per heavy atom. The fraction of sp³-hybridized carbons (Fsp3) is 0.308. The standard InChI is InChI=1S/C13H14O3/c1-2-15-11-6-3-5-10(9-11)13(14)12-7-4-8-16-12/h3,5-7,9H,2,4,8H2,1H3. The second-order valence-corrected chi connectivity index (χ2v) is 3.50. The minimum atomic E-state index is -0.0703. The van der Waals surface area contributed by atoms with Crippen LogP contribution in [0.25, 0.3) is 0 Å². The average Bonchev–Trinajstić information content (AvgIpc) is 2.82. The van der Waals surface area contributed by atoms with E-state index in [0.29, 0.717) is 30.3 Å². The number of carbonyl (C=O) groups excluding carboxylic acids is 1. The summed E-state index contributed by atoms with van der Waals surface area (Å²) in [5.74, 6) is 1.10. The van der Waals surface area contributed by atoms with Crippen molar-refractivity contribution >= 4 is 5.78 Å². The highest BCUT2D eigenvalue weighted by molar-refractivity contribution is 6.07. The molecule has 0 fully saturated rings. The van der Waals surface area contributed by atoms with Gasteiger partial charge in [-0.05, 0) is 25.1 Å². The summed E-state index contributed by atoms with van der Waals surface area (Å²) in [6.07, 6.45) is 2.64. The van der Waals surface area contributed by atoms with Gasteiger partial charge in [0.05, 0.1) is 13.2 Å². The van der Waals surface area contributed by atoms with Gasteiger partial charge in [-0.3, -0.25) is 4.79 Å². The van der Waals surface area contributed by atoms with Crippen LogP contribution in [0.3, 0.4) is 0 Å². The van der Waals surface area contributed by atoms with E-state index in [1.807, 2.05) is 25.1 Å². The monoisotopic (exact) mass is 218 g/mol. The highest BCUT2D eigenvalue weighted by Gasteiger charge is 2.17. The highest BCUT2D eigenvalue weighted by atomic mass is 16.5. The molecule has 0 aliphatic carbocycles. The fourth-order valence-electron chi connectivity index (χ4n) is 1.61. The number of rotatable bonds is 4. The Hall–Kier alpha value is -1.77. The summed E-state index contributed by atoms with van der Waals surface area (Å²) < 4.78 is 10.6. The van der Waals surface area contributed by atoms with E-state index in [4.69, 9.17) is 9.47 Å². The van der Waals surface area contributed by atoms with Gasteiger partial charge in [-0.2, -0.15) is 0 Å². The van der Waals surface area contributed by atoms with E-state index < -0.39 is 0 Å². The van der Waals surface area contributed by atoms with Crippen LogP contribution in [0.4, 0.5) is 0 Å². The second kappa shape index (κ2) is 4.84. The predicted octanol–water partition coefficient (Wildman–Crippen LogP) is 2.57. The van der Waals surface area contributed by atoms with Crippen LogP contribution in [0.15, 0.2) is 36.1 Å². The van der Waals surface area contributed by atoms with Crippen molar-refractivity contribution < 1.29 is 14.3 Å². The number of hydrogen-bond donors (Lipinski definition) is 0. The Balaban J connectivity index is 2.19. The maximum atomic E-state index is 12.0. The van der Waals surface area contributed by atoms with Gasteiger partial charge >= 0.3 is 0 Å². The second-order valence-electron chi connectivity index (χ2n) is 3.50. The van der Waals surface area contributed by atoms with Crippen molar-refractivity contribution in [3.05, 3.63) is 41.7 Å². The summed E-state index contributed by atoms with van der Waals surface area (Å²) in [7, 11) is 0. The zero-order valence-electron chi connectivity index (χ0n) is 9.23. The lowest BCUT2D eigenvalue weighted by molar-refractivity contribution is 0.0942. The lowest BCUT2D eigenvalue weighted by Gasteiger charge is -2.06. The molecular formula is C13H14O3. The molecule has 0 atom stereocenters. The molecular weight excluding hydrogens is 204 g/mol. The Morgan fingerprint density at radius 1 is 1.50 bits per heavy atom. The average molecular weight is 218 g/mol. The van der Waals surface area contributed by atoms with Crippen molar-refractivity contribution in [3.63, 3.8) is 0 Å². The van der Waals surface area contributed by atoms with E-state index in [2.05, 4.69) is 0 Å². The molecule has 1 aliphatic rings. The van der Waals surface area contributed by atoms with Gasteiger partial charge in [-0.15, -0.1) is 0 Å². The Labute approximate surface area is 94.7 Å². The molecule has 84 valence electrons. The van der Waals surface area contributed by atoms with Crippen LogP contribution in [0.5, 0.6) is 5.75 Å².